The molecule has 0 amide bonds. The first kappa shape index (κ1) is 20.5. The number of benzene rings is 2. The minimum Gasteiger partial charge on any atom is -0.371 e. The number of para-hydroxylation sites is 1. The maximum absolute atomic E-state index is 16.4. The number of halogens is 2. The second-order valence-corrected chi connectivity index (χ2v) is 9.20. The van der Waals surface area contributed by atoms with E-state index >= 15 is 8.78 Å². The van der Waals surface area contributed by atoms with Gasteiger partial charge >= 0.3 is 0 Å². The van der Waals surface area contributed by atoms with Crippen LogP contribution in [0.3, 0.4) is 0 Å². The minimum atomic E-state index is -0.673. The van der Waals surface area contributed by atoms with E-state index < -0.39 is 17.2 Å². The Bertz CT molecular complexity index is 1570. The van der Waals surface area contributed by atoms with E-state index in [4.69, 9.17) is 0 Å². The number of H-pyrrole nitrogens is 1. The van der Waals surface area contributed by atoms with Gasteiger partial charge in [0.25, 0.3) is 0 Å². The number of nitrogens with zero attached hydrogens (tertiary/aromatic N) is 4. The number of aromatic nitrogens is 5. The van der Waals surface area contributed by atoms with Crippen LogP contribution in [0.5, 0.6) is 0 Å². The van der Waals surface area contributed by atoms with E-state index in [2.05, 4.69) is 25.5 Å². The molecule has 4 heterocycles. The largest absolute Gasteiger partial charge is 0.371 e. The summed E-state index contributed by atoms with van der Waals surface area (Å²) in [6.07, 6.45) is 5.68. The van der Waals surface area contributed by atoms with Gasteiger partial charge in [-0.2, -0.15) is 0 Å². The fourth-order valence-electron chi connectivity index (χ4n) is 4.82. The van der Waals surface area contributed by atoms with E-state index in [1.807, 2.05) is 51.2 Å². The molecule has 0 radical (unpaired) electrons. The van der Waals surface area contributed by atoms with Crippen molar-refractivity contribution in [2.45, 2.75) is 32.7 Å². The van der Waals surface area contributed by atoms with Gasteiger partial charge in [-0.3, -0.25) is 9.55 Å². The summed E-state index contributed by atoms with van der Waals surface area (Å²) in [6.45, 7) is 5.79. The molecule has 1 aliphatic rings. The van der Waals surface area contributed by atoms with Crippen LogP contribution >= 0.6 is 0 Å². The van der Waals surface area contributed by atoms with Crippen LogP contribution in [-0.4, -0.2) is 24.7 Å². The number of hydrogen-bond donors (Lipinski definition) is 2. The average molecular weight is 457 g/mol. The van der Waals surface area contributed by atoms with Gasteiger partial charge in [-0.25, -0.2) is 8.78 Å². The first-order valence-electron chi connectivity index (χ1n) is 11.1. The molecule has 2 N–H and O–H groups in total. The van der Waals surface area contributed by atoms with Gasteiger partial charge in [0.2, 0.25) is 0 Å². The average Bonchev–Trinajstić information content (AvgIpc) is 3.39. The summed E-state index contributed by atoms with van der Waals surface area (Å²) < 4.78 is 33.6. The third-order valence-corrected chi connectivity index (χ3v) is 6.46. The van der Waals surface area contributed by atoms with Gasteiger partial charge in [-0.05, 0) is 44.0 Å². The summed E-state index contributed by atoms with van der Waals surface area (Å²) in [5.41, 5.74) is 2.98. The van der Waals surface area contributed by atoms with Crippen LogP contribution in [0.25, 0.3) is 27.7 Å². The predicted octanol–water partition coefficient (Wildman–Crippen LogP) is 5.65. The van der Waals surface area contributed by atoms with Crippen LogP contribution in [0, 0.1) is 18.6 Å². The molecule has 6 rings (SSSR count). The Morgan fingerprint density at radius 1 is 1.06 bits per heavy atom. The number of pyridine rings is 1. The molecule has 3 aromatic heterocycles. The van der Waals surface area contributed by atoms with Gasteiger partial charge in [0.1, 0.15) is 17.3 Å². The highest BCUT2D eigenvalue weighted by Crippen LogP contribution is 2.43. The van der Waals surface area contributed by atoms with Gasteiger partial charge in [0.05, 0.1) is 22.3 Å². The lowest BCUT2D eigenvalue weighted by Gasteiger charge is -2.34. The number of aromatic amines is 1. The first-order chi connectivity index (χ1) is 16.3. The molecule has 8 heteroatoms. The van der Waals surface area contributed by atoms with Crippen molar-refractivity contribution in [2.75, 3.05) is 5.32 Å². The molecule has 0 unspecified atom stereocenters. The Kier molecular flexibility index (Phi) is 4.36. The topological polar surface area (TPSA) is 71.4 Å². The summed E-state index contributed by atoms with van der Waals surface area (Å²) >= 11 is 0. The normalized spacial score (nSPS) is 14.0. The van der Waals surface area contributed by atoms with Gasteiger partial charge < -0.3 is 10.3 Å². The summed E-state index contributed by atoms with van der Waals surface area (Å²) in [6, 6.07) is 10.6. The lowest BCUT2D eigenvalue weighted by atomic mass is 9.95. The third-order valence-electron chi connectivity index (χ3n) is 6.46. The predicted molar refractivity (Wildman–Crippen MR) is 127 cm³/mol. The summed E-state index contributed by atoms with van der Waals surface area (Å²) in [5, 5.41) is 13.0. The Labute approximate surface area is 194 Å². The number of fused-ring (bicyclic) bond motifs is 4. The number of anilines is 1. The molecule has 6 nitrogen and oxygen atoms in total. The Hall–Kier alpha value is -4.07. The Morgan fingerprint density at radius 2 is 1.85 bits per heavy atom. The lowest BCUT2D eigenvalue weighted by Crippen LogP contribution is -2.36. The molecule has 0 saturated heterocycles. The molecule has 170 valence electrons. The Balaban J connectivity index is 1.61. The van der Waals surface area contributed by atoms with Crippen molar-refractivity contribution in [1.29, 1.82) is 0 Å². The monoisotopic (exact) mass is 456 g/mol. The summed E-state index contributed by atoms with van der Waals surface area (Å²) in [5.74, 6) is -0.154. The zero-order chi connectivity index (χ0) is 23.6. The van der Waals surface area contributed by atoms with E-state index in [1.165, 1.54) is 6.07 Å². The zero-order valence-corrected chi connectivity index (χ0v) is 18.9. The van der Waals surface area contributed by atoms with Gasteiger partial charge in [-0.15, -0.1) is 10.2 Å². The van der Waals surface area contributed by atoms with Crippen molar-refractivity contribution in [1.82, 2.24) is 24.7 Å². The molecule has 0 spiro atoms. The van der Waals surface area contributed by atoms with Crippen LogP contribution in [0.15, 0.2) is 55.0 Å². The molecule has 1 aliphatic heterocycles. The standard InChI is InChI=1S/C26H22F2N6/c1-14-13-30-23-16(14)5-4-6-17(23)21-18(27)12-19-24(22(21)28)34-20(11-15-7-9-29-10-8-15)32-33-25(34)26(2,3)31-19/h4-10,12-13,30-31H,11H2,1-3H3. The maximum Gasteiger partial charge on any atom is 0.162 e. The summed E-state index contributed by atoms with van der Waals surface area (Å²) in [7, 11) is 0. The molecule has 34 heavy (non-hydrogen) atoms. The number of nitrogens with one attached hydrogen (secondary N) is 2. The van der Waals surface area contributed by atoms with Crippen molar-refractivity contribution >= 4 is 16.6 Å². The van der Waals surface area contributed by atoms with Crippen molar-refractivity contribution in [3.63, 3.8) is 0 Å². The van der Waals surface area contributed by atoms with Gasteiger partial charge in [0.15, 0.2) is 11.6 Å². The van der Waals surface area contributed by atoms with Crippen molar-refractivity contribution in [3.8, 4) is 16.8 Å². The second-order valence-electron chi connectivity index (χ2n) is 9.20. The molecule has 0 aliphatic carbocycles. The SMILES string of the molecule is Cc1c[nH]c2c(-c3c(F)cc4c(c3F)-n3c(Cc5ccncc5)nnc3C(C)(C)N4)cccc12. The summed E-state index contributed by atoms with van der Waals surface area (Å²) in [4.78, 5) is 7.23. The Morgan fingerprint density at radius 3 is 2.65 bits per heavy atom. The van der Waals surface area contributed by atoms with Crippen molar-refractivity contribution < 1.29 is 8.78 Å². The van der Waals surface area contributed by atoms with E-state index in [0.717, 1.165) is 16.5 Å². The zero-order valence-electron chi connectivity index (χ0n) is 18.9. The highest BCUT2D eigenvalue weighted by atomic mass is 19.1. The molecule has 0 saturated carbocycles. The van der Waals surface area contributed by atoms with Crippen LogP contribution in [0.2, 0.25) is 0 Å². The van der Waals surface area contributed by atoms with Crippen LogP contribution < -0.4 is 5.32 Å². The van der Waals surface area contributed by atoms with Crippen molar-refractivity contribution in [3.05, 3.63) is 89.4 Å². The van der Waals surface area contributed by atoms with Crippen LogP contribution in [-0.2, 0) is 12.0 Å². The molecule has 0 fully saturated rings. The van der Waals surface area contributed by atoms with E-state index in [-0.39, 0.29) is 11.3 Å². The van der Waals surface area contributed by atoms with Gasteiger partial charge in [-0.1, -0.05) is 18.2 Å². The molecule has 0 bridgehead atoms. The maximum atomic E-state index is 16.4. The molecular weight excluding hydrogens is 434 g/mol. The quantitative estimate of drug-likeness (QED) is 0.368. The van der Waals surface area contributed by atoms with Crippen LogP contribution in [0.4, 0.5) is 14.5 Å². The van der Waals surface area contributed by atoms with E-state index in [1.54, 1.807) is 23.0 Å². The highest BCUT2D eigenvalue weighted by molar-refractivity contribution is 5.97. The van der Waals surface area contributed by atoms with Crippen molar-refractivity contribution in [2.24, 2.45) is 0 Å². The fraction of sp³-hybridized carbons (Fsp3) is 0.192. The molecule has 2 aromatic carbocycles. The lowest BCUT2D eigenvalue weighted by molar-refractivity contribution is 0.516. The van der Waals surface area contributed by atoms with E-state index in [9.17, 15) is 0 Å². The molecule has 5 aromatic rings. The number of rotatable bonds is 3. The fourth-order valence-corrected chi connectivity index (χ4v) is 4.82. The first-order valence-corrected chi connectivity index (χ1v) is 11.1. The van der Waals surface area contributed by atoms with Gasteiger partial charge in [0, 0.05) is 42.0 Å². The van der Waals surface area contributed by atoms with E-state index in [0.29, 0.717) is 34.8 Å². The smallest absolute Gasteiger partial charge is 0.162 e. The number of hydrogen-bond acceptors (Lipinski definition) is 4. The second kappa shape index (κ2) is 7.21. The van der Waals surface area contributed by atoms with Crippen LogP contribution in [0.1, 0.15) is 36.6 Å². The molecule has 0 atom stereocenters. The highest BCUT2D eigenvalue weighted by Gasteiger charge is 2.38. The molecular formula is C26H22F2N6. The minimum absolute atomic E-state index is 0.0813. The number of aryl methyl sites for hydroxylation is 1. The third kappa shape index (κ3) is 2.95.